The summed E-state index contributed by atoms with van der Waals surface area (Å²) in [6.07, 6.45) is 2.75. The molecule has 2 heterocycles. The number of halogens is 2. The van der Waals surface area contributed by atoms with Gasteiger partial charge in [-0.15, -0.1) is 0 Å². The van der Waals surface area contributed by atoms with Crippen LogP contribution in [0, 0.1) is 28.5 Å². The number of ketones is 1. The molecular formula is C24H21ClFN5O2. The highest BCUT2D eigenvalue weighted by molar-refractivity contribution is 6.32. The molecule has 1 atom stereocenters. The van der Waals surface area contributed by atoms with Crippen LogP contribution in [0.3, 0.4) is 0 Å². The van der Waals surface area contributed by atoms with Crippen molar-refractivity contribution in [3.8, 4) is 22.9 Å². The van der Waals surface area contributed by atoms with Gasteiger partial charge in [0.15, 0.2) is 0 Å². The molecular weight excluding hydrogens is 445 g/mol. The Kier molecular flexibility index (Phi) is 5.39. The van der Waals surface area contributed by atoms with E-state index in [0.29, 0.717) is 35.5 Å². The van der Waals surface area contributed by atoms with Crippen molar-refractivity contribution in [2.24, 2.45) is 11.3 Å². The van der Waals surface area contributed by atoms with Gasteiger partial charge in [0, 0.05) is 24.3 Å². The second-order valence-corrected chi connectivity index (χ2v) is 9.18. The number of H-pyrrole nitrogens is 1. The van der Waals surface area contributed by atoms with Crippen molar-refractivity contribution in [3.63, 3.8) is 0 Å². The van der Waals surface area contributed by atoms with Crippen LogP contribution in [0.4, 0.5) is 4.39 Å². The zero-order valence-corrected chi connectivity index (χ0v) is 18.5. The largest absolute Gasteiger partial charge is 0.348 e. The number of aromatic nitrogens is 3. The third-order valence-electron chi connectivity index (χ3n) is 6.56. The molecule has 1 aliphatic heterocycles. The zero-order chi connectivity index (χ0) is 23.2. The van der Waals surface area contributed by atoms with E-state index < -0.39 is 16.9 Å². The Morgan fingerprint density at radius 2 is 2.03 bits per heavy atom. The molecule has 2 aliphatic rings. The lowest BCUT2D eigenvalue weighted by Crippen LogP contribution is -2.38. The maximum absolute atomic E-state index is 15.2. The van der Waals surface area contributed by atoms with Gasteiger partial charge in [-0.1, -0.05) is 23.7 Å². The first-order chi connectivity index (χ1) is 15.9. The fourth-order valence-electron chi connectivity index (χ4n) is 4.62. The molecule has 2 N–H and O–H groups in total. The van der Waals surface area contributed by atoms with E-state index >= 15 is 4.39 Å². The summed E-state index contributed by atoms with van der Waals surface area (Å²) in [6.45, 7) is 1.26. The van der Waals surface area contributed by atoms with Gasteiger partial charge in [-0.05, 0) is 61.2 Å². The number of nitrogens with one attached hydrogen (secondary N) is 2. The maximum atomic E-state index is 15.2. The highest BCUT2D eigenvalue weighted by atomic mass is 35.5. The molecule has 168 valence electrons. The minimum Gasteiger partial charge on any atom is -0.316 e. The molecule has 1 saturated carbocycles. The highest BCUT2D eigenvalue weighted by Crippen LogP contribution is 2.42. The van der Waals surface area contributed by atoms with Gasteiger partial charge < -0.3 is 5.32 Å². The minimum absolute atomic E-state index is 0.0622. The summed E-state index contributed by atoms with van der Waals surface area (Å²) in [5.41, 5.74) is 0.421. The van der Waals surface area contributed by atoms with Crippen LogP contribution in [-0.2, 0) is 11.2 Å². The number of Topliss-reactive ketones (excluding diaryl/α,β-unsaturated/α-hetero) is 1. The lowest BCUT2D eigenvalue weighted by Gasteiger charge is -2.26. The van der Waals surface area contributed by atoms with Gasteiger partial charge in [0.25, 0.3) is 0 Å². The number of aromatic amines is 1. The Hall–Kier alpha value is -3.28. The van der Waals surface area contributed by atoms with Crippen molar-refractivity contribution >= 4 is 17.4 Å². The molecule has 7 nitrogen and oxygen atoms in total. The lowest BCUT2D eigenvalue weighted by molar-refractivity contribution is -0.129. The SMILES string of the molecule is N#Cc1ccc(-c2ccc(-n3c(C[C@@]4(C(=O)C5CC5)CCNC4)n[nH]c3=O)c(F)c2)cc1Cl. The van der Waals surface area contributed by atoms with Gasteiger partial charge in [0.1, 0.15) is 23.5 Å². The van der Waals surface area contributed by atoms with Gasteiger partial charge in [-0.3, -0.25) is 4.79 Å². The first kappa shape index (κ1) is 21.6. The van der Waals surface area contributed by atoms with Crippen LogP contribution in [0.25, 0.3) is 16.8 Å². The van der Waals surface area contributed by atoms with Gasteiger partial charge >= 0.3 is 5.69 Å². The Bertz CT molecular complexity index is 1350. The van der Waals surface area contributed by atoms with Crippen molar-refractivity contribution in [2.45, 2.75) is 25.7 Å². The van der Waals surface area contributed by atoms with E-state index in [9.17, 15) is 9.59 Å². The molecule has 2 fully saturated rings. The van der Waals surface area contributed by atoms with Crippen molar-refractivity contribution in [2.75, 3.05) is 13.1 Å². The molecule has 0 spiro atoms. The van der Waals surface area contributed by atoms with E-state index in [1.165, 1.54) is 16.7 Å². The third-order valence-corrected chi connectivity index (χ3v) is 6.88. The van der Waals surface area contributed by atoms with E-state index in [-0.39, 0.29) is 28.8 Å². The smallest absolute Gasteiger partial charge is 0.316 e. The molecule has 9 heteroatoms. The molecule has 1 aliphatic carbocycles. The summed E-state index contributed by atoms with van der Waals surface area (Å²) in [5.74, 6) is 0.0258. The van der Waals surface area contributed by atoms with E-state index in [0.717, 1.165) is 19.4 Å². The molecule has 0 unspecified atom stereocenters. The molecule has 1 aromatic heterocycles. The van der Waals surface area contributed by atoms with Crippen LogP contribution in [0.2, 0.25) is 5.02 Å². The van der Waals surface area contributed by atoms with Crippen LogP contribution in [-0.4, -0.2) is 33.6 Å². The van der Waals surface area contributed by atoms with Gasteiger partial charge in [-0.25, -0.2) is 18.9 Å². The highest BCUT2D eigenvalue weighted by Gasteiger charge is 2.48. The fourth-order valence-corrected chi connectivity index (χ4v) is 4.85. The number of benzene rings is 2. The van der Waals surface area contributed by atoms with Crippen LogP contribution in [0.5, 0.6) is 0 Å². The van der Waals surface area contributed by atoms with Crippen LogP contribution in [0.15, 0.2) is 41.2 Å². The third kappa shape index (κ3) is 3.88. The molecule has 0 amide bonds. The first-order valence-electron chi connectivity index (χ1n) is 10.8. The summed E-state index contributed by atoms with van der Waals surface area (Å²) in [4.78, 5) is 25.6. The summed E-state index contributed by atoms with van der Waals surface area (Å²) < 4.78 is 16.5. The van der Waals surface area contributed by atoms with Crippen molar-refractivity contribution in [1.29, 1.82) is 5.26 Å². The Morgan fingerprint density at radius 1 is 1.27 bits per heavy atom. The monoisotopic (exact) mass is 465 g/mol. The summed E-state index contributed by atoms with van der Waals surface area (Å²) in [7, 11) is 0. The second kappa shape index (κ2) is 8.25. The Morgan fingerprint density at radius 3 is 2.67 bits per heavy atom. The number of carbonyl (C=O) groups is 1. The van der Waals surface area contributed by atoms with E-state index in [2.05, 4.69) is 15.5 Å². The average molecular weight is 466 g/mol. The normalized spacial score (nSPS) is 20.0. The van der Waals surface area contributed by atoms with Crippen molar-refractivity contribution in [1.82, 2.24) is 20.1 Å². The first-order valence-corrected chi connectivity index (χ1v) is 11.2. The number of rotatable bonds is 6. The van der Waals surface area contributed by atoms with Crippen LogP contribution in [0.1, 0.15) is 30.7 Å². The molecule has 33 heavy (non-hydrogen) atoms. The Balaban J connectivity index is 1.50. The zero-order valence-electron chi connectivity index (χ0n) is 17.7. The van der Waals surface area contributed by atoms with Crippen LogP contribution >= 0.6 is 11.6 Å². The van der Waals surface area contributed by atoms with Crippen molar-refractivity contribution < 1.29 is 9.18 Å². The molecule has 1 saturated heterocycles. The second-order valence-electron chi connectivity index (χ2n) is 8.78. The molecule has 3 aromatic rings. The molecule has 0 radical (unpaired) electrons. The molecule has 5 rings (SSSR count). The van der Waals surface area contributed by atoms with Gasteiger partial charge in [-0.2, -0.15) is 10.4 Å². The summed E-state index contributed by atoms with van der Waals surface area (Å²) >= 11 is 6.11. The number of hydrogen-bond donors (Lipinski definition) is 2. The number of nitriles is 1. The number of carbonyl (C=O) groups excluding carboxylic acids is 1. The van der Waals surface area contributed by atoms with E-state index in [4.69, 9.17) is 16.9 Å². The fraction of sp³-hybridized carbons (Fsp3) is 0.333. The lowest BCUT2D eigenvalue weighted by atomic mass is 9.77. The van der Waals surface area contributed by atoms with Crippen LogP contribution < -0.4 is 11.0 Å². The summed E-state index contributed by atoms with van der Waals surface area (Å²) in [6, 6.07) is 11.4. The van der Waals surface area contributed by atoms with Gasteiger partial charge in [0.05, 0.1) is 16.3 Å². The quantitative estimate of drug-likeness (QED) is 0.580. The molecule has 2 aromatic carbocycles. The van der Waals surface area contributed by atoms with Gasteiger partial charge in [0.2, 0.25) is 0 Å². The Labute approximate surface area is 194 Å². The van der Waals surface area contributed by atoms with Crippen molar-refractivity contribution in [3.05, 3.63) is 69.1 Å². The minimum atomic E-state index is -0.625. The standard InChI is InChI=1S/C24H21ClFN5O2/c25-18-9-15(3-4-17(18)12-27)16-5-6-20(19(26)10-16)31-21(29-30-23(31)33)11-24(7-8-28-13-24)22(32)14-1-2-14/h3-6,9-10,14,28H,1-2,7-8,11,13H2,(H,30,33)/t24-/m0/s1. The van der Waals surface area contributed by atoms with E-state index in [1.54, 1.807) is 24.3 Å². The maximum Gasteiger partial charge on any atom is 0.348 e. The molecule has 0 bridgehead atoms. The van der Waals surface area contributed by atoms with E-state index in [1.807, 2.05) is 6.07 Å². The summed E-state index contributed by atoms with van der Waals surface area (Å²) in [5, 5.41) is 19.1. The average Bonchev–Trinajstić information content (AvgIpc) is 3.45. The predicted molar refractivity (Wildman–Crippen MR) is 121 cm³/mol. The number of hydrogen-bond acceptors (Lipinski definition) is 5. The topological polar surface area (TPSA) is 104 Å². The number of nitrogens with zero attached hydrogens (tertiary/aromatic N) is 3. The predicted octanol–water partition coefficient (Wildman–Crippen LogP) is 3.39.